The summed E-state index contributed by atoms with van der Waals surface area (Å²) in [5, 5.41) is 5.72. The first-order valence-corrected chi connectivity index (χ1v) is 6.69. The van der Waals surface area contributed by atoms with E-state index in [9.17, 15) is 14.4 Å². The van der Waals surface area contributed by atoms with Crippen molar-refractivity contribution in [3.8, 4) is 0 Å². The van der Waals surface area contributed by atoms with E-state index in [2.05, 4.69) is 10.6 Å². The molecule has 2 saturated heterocycles. The number of carbonyl (C=O) groups excluding carboxylic acids is 3. The molecule has 0 saturated carbocycles. The van der Waals surface area contributed by atoms with Gasteiger partial charge in [0.05, 0.1) is 13.1 Å². The molecule has 0 aromatic rings. The Morgan fingerprint density at radius 3 is 2.79 bits per heavy atom. The van der Waals surface area contributed by atoms with Crippen LogP contribution in [-0.4, -0.2) is 72.8 Å². The molecule has 0 radical (unpaired) electrons. The van der Waals surface area contributed by atoms with Gasteiger partial charge in [-0.1, -0.05) is 6.92 Å². The topological polar surface area (TPSA) is 81.8 Å². The summed E-state index contributed by atoms with van der Waals surface area (Å²) >= 11 is 0. The maximum absolute atomic E-state index is 12.3. The molecular weight excluding hydrogens is 248 g/mol. The molecule has 7 heteroatoms. The predicted molar refractivity (Wildman–Crippen MR) is 68.3 cm³/mol. The number of carbonyl (C=O) groups is 3. The molecule has 2 aliphatic heterocycles. The lowest BCUT2D eigenvalue weighted by Gasteiger charge is -2.36. The van der Waals surface area contributed by atoms with Crippen LogP contribution < -0.4 is 10.6 Å². The van der Waals surface area contributed by atoms with E-state index in [0.717, 1.165) is 0 Å². The molecule has 19 heavy (non-hydrogen) atoms. The highest BCUT2D eigenvalue weighted by Crippen LogP contribution is 2.09. The maximum atomic E-state index is 12.3. The van der Waals surface area contributed by atoms with Crippen LogP contribution >= 0.6 is 0 Å². The zero-order chi connectivity index (χ0) is 13.8. The fourth-order valence-corrected chi connectivity index (χ4v) is 2.49. The Balaban J connectivity index is 1.97. The normalized spacial score (nSPS) is 24.4. The Bertz CT molecular complexity index is 385. The highest BCUT2D eigenvalue weighted by Gasteiger charge is 2.33. The SMILES string of the molecule is CC[C@H]1C(=O)NCCN1C(=O)CN1CCNCC1=O. The fourth-order valence-electron chi connectivity index (χ4n) is 2.49. The van der Waals surface area contributed by atoms with Crippen molar-refractivity contribution < 1.29 is 14.4 Å². The molecular formula is C12H20N4O3. The van der Waals surface area contributed by atoms with Crippen LogP contribution in [0.25, 0.3) is 0 Å². The van der Waals surface area contributed by atoms with E-state index in [1.54, 1.807) is 9.80 Å². The minimum Gasteiger partial charge on any atom is -0.353 e. The second kappa shape index (κ2) is 6.01. The molecule has 2 fully saturated rings. The maximum Gasteiger partial charge on any atom is 0.242 e. The smallest absolute Gasteiger partial charge is 0.242 e. The minimum absolute atomic E-state index is 0.0610. The van der Waals surface area contributed by atoms with Crippen LogP contribution in [0.2, 0.25) is 0 Å². The summed E-state index contributed by atoms with van der Waals surface area (Å²) in [6.45, 7) is 4.49. The van der Waals surface area contributed by atoms with Crippen LogP contribution in [0.3, 0.4) is 0 Å². The average molecular weight is 268 g/mol. The molecule has 0 aromatic carbocycles. The lowest BCUT2D eigenvalue weighted by Crippen LogP contribution is -2.59. The molecule has 0 aliphatic carbocycles. The van der Waals surface area contributed by atoms with E-state index in [0.29, 0.717) is 32.6 Å². The molecule has 0 unspecified atom stereocenters. The first kappa shape index (κ1) is 13.8. The van der Waals surface area contributed by atoms with Crippen molar-refractivity contribution in [3.63, 3.8) is 0 Å². The third-order valence-corrected chi connectivity index (χ3v) is 3.55. The summed E-state index contributed by atoms with van der Waals surface area (Å²) in [5.74, 6) is -0.306. The monoisotopic (exact) mass is 268 g/mol. The van der Waals surface area contributed by atoms with Crippen LogP contribution in [-0.2, 0) is 14.4 Å². The zero-order valence-corrected chi connectivity index (χ0v) is 11.1. The molecule has 7 nitrogen and oxygen atoms in total. The van der Waals surface area contributed by atoms with E-state index in [1.165, 1.54) is 0 Å². The first-order valence-electron chi connectivity index (χ1n) is 6.69. The van der Waals surface area contributed by atoms with Gasteiger partial charge in [0.2, 0.25) is 17.7 Å². The van der Waals surface area contributed by atoms with Gasteiger partial charge in [-0.05, 0) is 6.42 Å². The number of hydrogen-bond acceptors (Lipinski definition) is 4. The molecule has 106 valence electrons. The number of rotatable bonds is 3. The van der Waals surface area contributed by atoms with Crippen molar-refractivity contribution in [1.82, 2.24) is 20.4 Å². The summed E-state index contributed by atoms with van der Waals surface area (Å²) in [4.78, 5) is 38.7. The number of hydrogen-bond donors (Lipinski definition) is 2. The molecule has 3 amide bonds. The molecule has 0 spiro atoms. The molecule has 2 aliphatic rings. The van der Waals surface area contributed by atoms with Gasteiger partial charge in [0.25, 0.3) is 0 Å². The predicted octanol–water partition coefficient (Wildman–Crippen LogP) is -1.84. The molecule has 0 bridgehead atoms. The molecule has 2 heterocycles. The summed E-state index contributed by atoms with van der Waals surface area (Å²) in [7, 11) is 0. The van der Waals surface area contributed by atoms with Gasteiger partial charge in [0.15, 0.2) is 0 Å². The van der Waals surface area contributed by atoms with Gasteiger partial charge in [-0.2, -0.15) is 0 Å². The number of piperazine rings is 2. The van der Waals surface area contributed by atoms with Crippen LogP contribution in [0, 0.1) is 0 Å². The third kappa shape index (κ3) is 3.04. The summed E-state index contributed by atoms with van der Waals surface area (Å²) < 4.78 is 0. The number of amides is 3. The Kier molecular flexibility index (Phi) is 4.36. The summed E-state index contributed by atoms with van der Waals surface area (Å²) in [6.07, 6.45) is 0.590. The van der Waals surface area contributed by atoms with Gasteiger partial charge >= 0.3 is 0 Å². The van der Waals surface area contributed by atoms with Gasteiger partial charge in [-0.15, -0.1) is 0 Å². The Labute approximate surface area is 112 Å². The highest BCUT2D eigenvalue weighted by atomic mass is 16.2. The Morgan fingerprint density at radius 1 is 1.32 bits per heavy atom. The molecule has 2 rings (SSSR count). The van der Waals surface area contributed by atoms with Crippen molar-refractivity contribution >= 4 is 17.7 Å². The van der Waals surface area contributed by atoms with Gasteiger partial charge in [-0.3, -0.25) is 14.4 Å². The van der Waals surface area contributed by atoms with Crippen LogP contribution in [0.15, 0.2) is 0 Å². The van der Waals surface area contributed by atoms with E-state index in [1.807, 2.05) is 6.92 Å². The van der Waals surface area contributed by atoms with Crippen molar-refractivity contribution in [2.75, 3.05) is 39.3 Å². The third-order valence-electron chi connectivity index (χ3n) is 3.55. The average Bonchev–Trinajstić information content (AvgIpc) is 2.41. The van der Waals surface area contributed by atoms with E-state index in [4.69, 9.17) is 0 Å². The summed E-state index contributed by atoms with van der Waals surface area (Å²) in [5.41, 5.74) is 0. The van der Waals surface area contributed by atoms with Crippen LogP contribution in [0.4, 0.5) is 0 Å². The molecule has 1 atom stereocenters. The lowest BCUT2D eigenvalue weighted by molar-refractivity contribution is -0.147. The van der Waals surface area contributed by atoms with Gasteiger partial charge in [0, 0.05) is 26.2 Å². The Hall–Kier alpha value is -1.63. The molecule has 0 aromatic heterocycles. The largest absolute Gasteiger partial charge is 0.353 e. The van der Waals surface area contributed by atoms with Gasteiger partial charge < -0.3 is 20.4 Å². The standard InChI is InChI=1S/C12H20N4O3/c1-2-9-12(19)14-4-6-16(9)11(18)8-15-5-3-13-7-10(15)17/h9,13H,2-8H2,1H3,(H,14,19)/t9-/m0/s1. The Morgan fingerprint density at radius 2 is 2.11 bits per heavy atom. The second-order valence-electron chi connectivity index (χ2n) is 4.79. The van der Waals surface area contributed by atoms with Crippen molar-refractivity contribution in [2.24, 2.45) is 0 Å². The van der Waals surface area contributed by atoms with Gasteiger partial charge in [-0.25, -0.2) is 0 Å². The molecule has 2 N–H and O–H groups in total. The number of nitrogens with zero attached hydrogens (tertiary/aromatic N) is 2. The van der Waals surface area contributed by atoms with E-state index >= 15 is 0 Å². The number of nitrogens with one attached hydrogen (secondary N) is 2. The zero-order valence-electron chi connectivity index (χ0n) is 11.1. The highest BCUT2D eigenvalue weighted by molar-refractivity contribution is 5.91. The van der Waals surface area contributed by atoms with Crippen molar-refractivity contribution in [2.45, 2.75) is 19.4 Å². The second-order valence-corrected chi connectivity index (χ2v) is 4.79. The minimum atomic E-state index is -0.403. The van der Waals surface area contributed by atoms with Crippen LogP contribution in [0.1, 0.15) is 13.3 Å². The van der Waals surface area contributed by atoms with E-state index < -0.39 is 6.04 Å². The van der Waals surface area contributed by atoms with Crippen LogP contribution in [0.5, 0.6) is 0 Å². The lowest BCUT2D eigenvalue weighted by atomic mass is 10.1. The first-order chi connectivity index (χ1) is 9.13. The quantitative estimate of drug-likeness (QED) is 0.630. The van der Waals surface area contributed by atoms with E-state index in [-0.39, 0.29) is 30.8 Å². The van der Waals surface area contributed by atoms with Crippen molar-refractivity contribution in [3.05, 3.63) is 0 Å². The fraction of sp³-hybridized carbons (Fsp3) is 0.750. The summed E-state index contributed by atoms with van der Waals surface area (Å²) in [6, 6.07) is -0.403. The van der Waals surface area contributed by atoms with Crippen molar-refractivity contribution in [1.29, 1.82) is 0 Å². The van der Waals surface area contributed by atoms with Gasteiger partial charge in [0.1, 0.15) is 6.04 Å².